The summed E-state index contributed by atoms with van der Waals surface area (Å²) in [6.07, 6.45) is 4.16. The zero-order valence-corrected chi connectivity index (χ0v) is 11.3. The summed E-state index contributed by atoms with van der Waals surface area (Å²) >= 11 is 0. The molecule has 0 saturated carbocycles. The van der Waals surface area contributed by atoms with Crippen LogP contribution in [-0.2, 0) is 0 Å². The highest BCUT2D eigenvalue weighted by molar-refractivity contribution is 5.78. The van der Waals surface area contributed by atoms with E-state index >= 15 is 0 Å². The largest absolute Gasteiger partial charge is 0.443 e. The van der Waals surface area contributed by atoms with Crippen molar-refractivity contribution in [2.24, 2.45) is 5.73 Å². The van der Waals surface area contributed by atoms with E-state index in [0.29, 0.717) is 6.54 Å². The Kier molecular flexibility index (Phi) is 3.43. The van der Waals surface area contributed by atoms with Crippen LogP contribution < -0.4 is 5.73 Å². The first-order chi connectivity index (χ1) is 9.81. The van der Waals surface area contributed by atoms with E-state index in [9.17, 15) is 0 Å². The van der Waals surface area contributed by atoms with E-state index in [4.69, 9.17) is 10.2 Å². The molecule has 2 heterocycles. The average Bonchev–Trinajstić information content (AvgIpc) is 2.96. The second kappa shape index (κ2) is 5.38. The molecule has 2 N–H and O–H groups in total. The molecular formula is C15H16N4O. The van der Waals surface area contributed by atoms with Gasteiger partial charge in [0.05, 0.1) is 5.69 Å². The van der Waals surface area contributed by atoms with Gasteiger partial charge in [0.15, 0.2) is 12.0 Å². The van der Waals surface area contributed by atoms with E-state index in [-0.39, 0.29) is 5.92 Å². The van der Waals surface area contributed by atoms with Gasteiger partial charge in [0.1, 0.15) is 11.3 Å². The molecule has 0 fully saturated rings. The Hall–Kier alpha value is -2.27. The fourth-order valence-corrected chi connectivity index (χ4v) is 2.20. The van der Waals surface area contributed by atoms with Gasteiger partial charge in [-0.2, -0.15) is 0 Å². The quantitative estimate of drug-likeness (QED) is 0.787. The minimum absolute atomic E-state index is 0.198. The molecule has 1 atom stereocenters. The zero-order chi connectivity index (χ0) is 13.9. The number of nitrogens with zero attached hydrogens (tertiary/aromatic N) is 3. The minimum Gasteiger partial charge on any atom is -0.443 e. The molecule has 0 saturated heterocycles. The molecule has 0 radical (unpaired) electrons. The number of fused-ring (bicyclic) bond motifs is 1. The van der Waals surface area contributed by atoms with Crippen molar-refractivity contribution in [2.45, 2.75) is 19.3 Å². The lowest BCUT2D eigenvalue weighted by Crippen LogP contribution is -2.14. The molecule has 0 aliphatic heterocycles. The van der Waals surface area contributed by atoms with Crippen LogP contribution in [0.2, 0.25) is 0 Å². The van der Waals surface area contributed by atoms with Gasteiger partial charge >= 0.3 is 0 Å². The molecule has 1 aromatic carbocycles. The van der Waals surface area contributed by atoms with Crippen molar-refractivity contribution in [3.05, 3.63) is 42.7 Å². The molecule has 20 heavy (non-hydrogen) atoms. The van der Waals surface area contributed by atoms with Gasteiger partial charge in [-0.1, -0.05) is 13.0 Å². The first-order valence-electron chi connectivity index (χ1n) is 6.68. The van der Waals surface area contributed by atoms with Gasteiger partial charge < -0.3 is 10.2 Å². The summed E-state index contributed by atoms with van der Waals surface area (Å²) in [6, 6.07) is 7.75. The third kappa shape index (κ3) is 2.28. The number of oxazole rings is 1. The standard InChI is InChI=1S/C15H16N4O/c1-2-10(8-16)15-17-6-5-12(19-15)11-3-4-13-14(7-11)20-9-18-13/h3-7,9-10H,2,8,16H2,1H3. The summed E-state index contributed by atoms with van der Waals surface area (Å²) in [6.45, 7) is 2.65. The van der Waals surface area contributed by atoms with Gasteiger partial charge in [-0.25, -0.2) is 15.0 Å². The lowest BCUT2D eigenvalue weighted by molar-refractivity contribution is 0.602. The number of hydrogen-bond acceptors (Lipinski definition) is 5. The van der Waals surface area contributed by atoms with Crippen molar-refractivity contribution >= 4 is 11.1 Å². The maximum Gasteiger partial charge on any atom is 0.181 e. The SMILES string of the molecule is CCC(CN)c1nccc(-c2ccc3ncoc3c2)n1. The molecule has 5 nitrogen and oxygen atoms in total. The number of hydrogen-bond donors (Lipinski definition) is 1. The highest BCUT2D eigenvalue weighted by atomic mass is 16.3. The fraction of sp³-hybridized carbons (Fsp3) is 0.267. The Bertz CT molecular complexity index is 718. The van der Waals surface area contributed by atoms with Crippen LogP contribution in [0.5, 0.6) is 0 Å². The number of rotatable bonds is 4. The second-order valence-corrected chi connectivity index (χ2v) is 4.68. The number of aromatic nitrogens is 3. The van der Waals surface area contributed by atoms with E-state index in [0.717, 1.165) is 34.6 Å². The topological polar surface area (TPSA) is 77.8 Å². The zero-order valence-electron chi connectivity index (χ0n) is 11.3. The molecule has 0 bridgehead atoms. The Morgan fingerprint density at radius 3 is 2.95 bits per heavy atom. The van der Waals surface area contributed by atoms with Crippen LogP contribution in [-0.4, -0.2) is 21.5 Å². The Balaban J connectivity index is 2.02. The van der Waals surface area contributed by atoms with E-state index in [1.54, 1.807) is 6.20 Å². The third-order valence-electron chi connectivity index (χ3n) is 3.44. The molecule has 3 aromatic rings. The van der Waals surface area contributed by atoms with Crippen molar-refractivity contribution in [3.8, 4) is 11.3 Å². The number of nitrogens with two attached hydrogens (primary N) is 1. The molecule has 5 heteroatoms. The first kappa shape index (κ1) is 12.7. The van der Waals surface area contributed by atoms with E-state index in [1.807, 2.05) is 24.3 Å². The predicted octanol–water partition coefficient (Wildman–Crippen LogP) is 2.74. The summed E-state index contributed by atoms with van der Waals surface area (Å²) in [5.41, 5.74) is 9.23. The summed E-state index contributed by atoms with van der Waals surface area (Å²) in [7, 11) is 0. The van der Waals surface area contributed by atoms with Crippen LogP contribution in [0.3, 0.4) is 0 Å². The van der Waals surface area contributed by atoms with Gasteiger partial charge in [-0.15, -0.1) is 0 Å². The van der Waals surface area contributed by atoms with E-state index in [1.165, 1.54) is 6.39 Å². The second-order valence-electron chi connectivity index (χ2n) is 4.68. The first-order valence-corrected chi connectivity index (χ1v) is 6.68. The minimum atomic E-state index is 0.198. The van der Waals surface area contributed by atoms with Gasteiger partial charge in [-0.05, 0) is 24.6 Å². The van der Waals surface area contributed by atoms with Crippen LogP contribution >= 0.6 is 0 Å². The summed E-state index contributed by atoms with van der Waals surface area (Å²) in [5.74, 6) is 0.995. The highest BCUT2D eigenvalue weighted by Gasteiger charge is 2.12. The highest BCUT2D eigenvalue weighted by Crippen LogP contribution is 2.23. The van der Waals surface area contributed by atoms with Crippen molar-refractivity contribution in [2.75, 3.05) is 6.54 Å². The van der Waals surface area contributed by atoms with Crippen molar-refractivity contribution in [1.29, 1.82) is 0 Å². The summed E-state index contributed by atoms with van der Waals surface area (Å²) < 4.78 is 5.33. The van der Waals surface area contributed by atoms with Crippen molar-refractivity contribution < 1.29 is 4.42 Å². The summed E-state index contributed by atoms with van der Waals surface area (Å²) in [4.78, 5) is 13.1. The predicted molar refractivity (Wildman–Crippen MR) is 77.1 cm³/mol. The number of benzene rings is 1. The van der Waals surface area contributed by atoms with Gasteiger partial charge in [-0.3, -0.25) is 0 Å². The molecule has 0 aliphatic carbocycles. The van der Waals surface area contributed by atoms with Crippen LogP contribution in [0, 0.1) is 0 Å². The van der Waals surface area contributed by atoms with Gasteiger partial charge in [0, 0.05) is 24.2 Å². The smallest absolute Gasteiger partial charge is 0.181 e. The lowest BCUT2D eigenvalue weighted by Gasteiger charge is -2.11. The molecular weight excluding hydrogens is 252 g/mol. The monoisotopic (exact) mass is 268 g/mol. The Morgan fingerprint density at radius 1 is 1.25 bits per heavy atom. The fourth-order valence-electron chi connectivity index (χ4n) is 2.20. The van der Waals surface area contributed by atoms with Crippen LogP contribution in [0.4, 0.5) is 0 Å². The van der Waals surface area contributed by atoms with Gasteiger partial charge in [0.2, 0.25) is 0 Å². The van der Waals surface area contributed by atoms with Gasteiger partial charge in [0.25, 0.3) is 0 Å². The Labute approximate surface area is 116 Å². The van der Waals surface area contributed by atoms with Crippen LogP contribution in [0.1, 0.15) is 25.1 Å². The molecule has 0 aliphatic rings. The maximum absolute atomic E-state index is 5.76. The van der Waals surface area contributed by atoms with Crippen LogP contribution in [0.15, 0.2) is 41.3 Å². The summed E-state index contributed by atoms with van der Waals surface area (Å²) in [5, 5.41) is 0. The molecule has 0 spiro atoms. The molecule has 2 aromatic heterocycles. The van der Waals surface area contributed by atoms with E-state index in [2.05, 4.69) is 21.9 Å². The Morgan fingerprint density at radius 2 is 2.15 bits per heavy atom. The van der Waals surface area contributed by atoms with Crippen LogP contribution in [0.25, 0.3) is 22.4 Å². The molecule has 0 amide bonds. The van der Waals surface area contributed by atoms with Crippen molar-refractivity contribution in [3.63, 3.8) is 0 Å². The molecule has 102 valence electrons. The molecule has 1 unspecified atom stereocenters. The van der Waals surface area contributed by atoms with E-state index < -0.39 is 0 Å². The third-order valence-corrected chi connectivity index (χ3v) is 3.44. The van der Waals surface area contributed by atoms with Crippen molar-refractivity contribution in [1.82, 2.24) is 15.0 Å². The lowest BCUT2D eigenvalue weighted by atomic mass is 10.1. The average molecular weight is 268 g/mol. The molecule has 3 rings (SSSR count). The normalized spacial score (nSPS) is 12.7. The maximum atomic E-state index is 5.76.